The number of nitrogens with one attached hydrogen (secondary N) is 2. The van der Waals surface area contributed by atoms with E-state index in [-0.39, 0.29) is 0 Å². The fourth-order valence-corrected chi connectivity index (χ4v) is 1.52. The largest absolute Gasteiger partial charge is 0.393 e. The minimum absolute atomic E-state index is 0.444. The Balaban J connectivity index is 2.25. The molecule has 2 aromatic heterocycles. The Morgan fingerprint density at radius 1 is 1.16 bits per heavy atom. The zero-order valence-corrected chi connectivity index (χ0v) is 11.2. The maximum atomic E-state index is 6.01. The second-order valence-corrected chi connectivity index (χ2v) is 4.33. The Hall–Kier alpha value is -2.41. The van der Waals surface area contributed by atoms with E-state index >= 15 is 0 Å². The molecule has 0 saturated carbocycles. The third-order valence-electron chi connectivity index (χ3n) is 2.38. The lowest BCUT2D eigenvalue weighted by Gasteiger charge is -2.16. The smallest absolute Gasteiger partial charge is 0.169 e. The van der Waals surface area contributed by atoms with Gasteiger partial charge < -0.3 is 16.5 Å². The van der Waals surface area contributed by atoms with Crippen molar-refractivity contribution in [3.63, 3.8) is 0 Å². The molecular weight excluding hydrogens is 242 g/mol. The quantitative estimate of drug-likeness (QED) is 0.714. The number of pyridine rings is 1. The van der Waals surface area contributed by atoms with Gasteiger partial charge in [-0.2, -0.15) is 0 Å². The molecule has 7 heteroatoms. The van der Waals surface area contributed by atoms with Crippen molar-refractivity contribution in [1.82, 2.24) is 20.0 Å². The molecule has 0 unspecified atom stereocenters. The molecule has 0 atom stereocenters. The number of rotatable bonds is 4. The summed E-state index contributed by atoms with van der Waals surface area (Å²) in [6.07, 6.45) is 3.17. The van der Waals surface area contributed by atoms with Crippen molar-refractivity contribution < 1.29 is 0 Å². The minimum Gasteiger partial charge on any atom is -0.393 e. The summed E-state index contributed by atoms with van der Waals surface area (Å²) in [6.45, 7) is 2.00. The van der Waals surface area contributed by atoms with Gasteiger partial charge in [-0.15, -0.1) is 0 Å². The summed E-state index contributed by atoms with van der Waals surface area (Å²) < 4.78 is 0. The molecule has 4 N–H and O–H groups in total. The molecule has 2 heterocycles. The van der Waals surface area contributed by atoms with E-state index in [0.717, 1.165) is 5.56 Å². The number of anilines is 4. The first-order valence-corrected chi connectivity index (χ1v) is 5.80. The number of hydrogen-bond acceptors (Lipinski definition) is 7. The maximum absolute atomic E-state index is 6.01. The highest BCUT2D eigenvalue weighted by molar-refractivity contribution is 5.76. The second-order valence-electron chi connectivity index (χ2n) is 4.33. The van der Waals surface area contributed by atoms with E-state index in [9.17, 15) is 0 Å². The van der Waals surface area contributed by atoms with Crippen LogP contribution >= 0.6 is 0 Å². The Kier molecular flexibility index (Phi) is 3.76. The van der Waals surface area contributed by atoms with Crippen molar-refractivity contribution in [2.45, 2.75) is 6.92 Å². The molecule has 2 aromatic rings. The average molecular weight is 259 g/mol. The van der Waals surface area contributed by atoms with Crippen molar-refractivity contribution in [2.75, 3.05) is 30.6 Å². The number of aromatic nitrogens is 3. The van der Waals surface area contributed by atoms with Crippen LogP contribution in [0.2, 0.25) is 0 Å². The van der Waals surface area contributed by atoms with Gasteiger partial charge in [0, 0.05) is 20.3 Å². The van der Waals surface area contributed by atoms with E-state index in [1.807, 2.05) is 33.2 Å². The van der Waals surface area contributed by atoms with Crippen LogP contribution in [-0.2, 0) is 0 Å². The minimum atomic E-state index is 0.444. The predicted molar refractivity (Wildman–Crippen MR) is 76.0 cm³/mol. The number of hydrogen-bond donors (Lipinski definition) is 3. The molecule has 2 rings (SSSR count). The summed E-state index contributed by atoms with van der Waals surface area (Å²) in [5, 5.41) is 4.84. The van der Waals surface area contributed by atoms with Crippen molar-refractivity contribution in [2.24, 2.45) is 0 Å². The van der Waals surface area contributed by atoms with Crippen LogP contribution in [-0.4, -0.2) is 34.1 Å². The van der Waals surface area contributed by atoms with Crippen molar-refractivity contribution in [3.05, 3.63) is 30.2 Å². The van der Waals surface area contributed by atoms with Crippen LogP contribution in [0.5, 0.6) is 0 Å². The van der Waals surface area contributed by atoms with E-state index in [1.54, 1.807) is 11.2 Å². The molecule has 0 bridgehead atoms. The number of nitrogen functional groups attached to an aromatic ring is 1. The predicted octanol–water partition coefficient (Wildman–Crippen LogP) is 1.39. The van der Waals surface area contributed by atoms with Gasteiger partial charge in [0.25, 0.3) is 0 Å². The van der Waals surface area contributed by atoms with Crippen LogP contribution in [0, 0.1) is 6.92 Å². The first-order chi connectivity index (χ1) is 9.06. The molecule has 7 nitrogen and oxygen atoms in total. The van der Waals surface area contributed by atoms with Crippen LogP contribution in [0.3, 0.4) is 0 Å². The first-order valence-electron chi connectivity index (χ1n) is 5.80. The lowest BCUT2D eigenvalue weighted by molar-refractivity contribution is 0.492. The topological polar surface area (TPSA) is 92.0 Å². The van der Waals surface area contributed by atoms with Crippen LogP contribution in [0.1, 0.15) is 5.56 Å². The Morgan fingerprint density at radius 2 is 1.89 bits per heavy atom. The van der Waals surface area contributed by atoms with Crippen LogP contribution in [0.4, 0.5) is 23.1 Å². The summed E-state index contributed by atoms with van der Waals surface area (Å²) in [6, 6.07) is 3.84. The highest BCUT2D eigenvalue weighted by Gasteiger charge is 2.09. The molecule has 0 radical (unpaired) electrons. The van der Waals surface area contributed by atoms with Crippen molar-refractivity contribution >= 4 is 23.1 Å². The first kappa shape index (κ1) is 13.0. The van der Waals surface area contributed by atoms with E-state index < -0.39 is 0 Å². The molecule has 0 aliphatic heterocycles. The molecule has 19 heavy (non-hydrogen) atoms. The zero-order chi connectivity index (χ0) is 13.8. The summed E-state index contributed by atoms with van der Waals surface area (Å²) in [4.78, 5) is 12.4. The van der Waals surface area contributed by atoms with Gasteiger partial charge in [0.1, 0.15) is 17.8 Å². The Morgan fingerprint density at radius 3 is 2.58 bits per heavy atom. The lowest BCUT2D eigenvalue weighted by Crippen LogP contribution is -2.21. The summed E-state index contributed by atoms with van der Waals surface area (Å²) in [7, 11) is 3.72. The Labute approximate surface area is 111 Å². The van der Waals surface area contributed by atoms with Gasteiger partial charge >= 0.3 is 0 Å². The van der Waals surface area contributed by atoms with Gasteiger partial charge in [-0.3, -0.25) is 0 Å². The van der Waals surface area contributed by atoms with E-state index in [1.165, 1.54) is 6.33 Å². The molecule has 0 aromatic carbocycles. The van der Waals surface area contributed by atoms with E-state index in [4.69, 9.17) is 5.73 Å². The summed E-state index contributed by atoms with van der Waals surface area (Å²) in [5.41, 5.74) is 10.6. The van der Waals surface area contributed by atoms with Gasteiger partial charge in [0.15, 0.2) is 11.6 Å². The number of aryl methyl sites for hydroxylation is 1. The number of nitrogens with two attached hydrogens (primary N) is 1. The van der Waals surface area contributed by atoms with Gasteiger partial charge in [0.2, 0.25) is 0 Å². The SMILES string of the molecule is Cc1ccnc(Nc2ncnc(NN(C)C)c2N)c1. The third kappa shape index (κ3) is 3.29. The maximum Gasteiger partial charge on any atom is 0.169 e. The van der Waals surface area contributed by atoms with Crippen molar-refractivity contribution in [1.29, 1.82) is 0 Å². The van der Waals surface area contributed by atoms with Crippen LogP contribution < -0.4 is 16.5 Å². The number of hydrazine groups is 1. The number of nitrogens with zero attached hydrogens (tertiary/aromatic N) is 4. The van der Waals surface area contributed by atoms with E-state index in [2.05, 4.69) is 25.7 Å². The van der Waals surface area contributed by atoms with Crippen LogP contribution in [0.25, 0.3) is 0 Å². The molecular formula is C12H17N7. The van der Waals surface area contributed by atoms with Gasteiger partial charge in [-0.05, 0) is 24.6 Å². The molecule has 0 aliphatic rings. The zero-order valence-electron chi connectivity index (χ0n) is 11.2. The summed E-state index contributed by atoms with van der Waals surface area (Å²) in [5.74, 6) is 1.77. The fourth-order valence-electron chi connectivity index (χ4n) is 1.52. The van der Waals surface area contributed by atoms with E-state index in [0.29, 0.717) is 23.1 Å². The monoisotopic (exact) mass is 259 g/mol. The molecule has 0 amide bonds. The van der Waals surface area contributed by atoms with Crippen molar-refractivity contribution in [3.8, 4) is 0 Å². The van der Waals surface area contributed by atoms with Gasteiger partial charge in [0.05, 0.1) is 0 Å². The fraction of sp³-hybridized carbons (Fsp3) is 0.250. The molecule has 0 saturated heterocycles. The molecule has 100 valence electrons. The average Bonchev–Trinajstić information content (AvgIpc) is 2.34. The van der Waals surface area contributed by atoms with Gasteiger partial charge in [-0.1, -0.05) is 0 Å². The van der Waals surface area contributed by atoms with Crippen LogP contribution in [0.15, 0.2) is 24.7 Å². The lowest BCUT2D eigenvalue weighted by atomic mass is 10.3. The highest BCUT2D eigenvalue weighted by Crippen LogP contribution is 2.25. The van der Waals surface area contributed by atoms with Gasteiger partial charge in [-0.25, -0.2) is 20.0 Å². The summed E-state index contributed by atoms with van der Waals surface area (Å²) >= 11 is 0. The molecule has 0 fully saturated rings. The third-order valence-corrected chi connectivity index (χ3v) is 2.38. The molecule has 0 aliphatic carbocycles. The standard InChI is InChI=1S/C12H17N7/c1-8-4-5-14-9(6-8)17-11-10(13)12(16-7-15-11)18-19(2)3/h4-7H,13H2,1-3H3,(H2,14,15,16,17,18). The highest BCUT2D eigenvalue weighted by atomic mass is 15.5. The Bertz CT molecular complexity index is 568. The molecule has 0 spiro atoms. The normalized spacial score (nSPS) is 10.5. The second kappa shape index (κ2) is 5.49.